The standard InChI is InChI=1S/C11H14ClNO4S/c1-3-10(17-2)11(14)13-18(15,16)9-6-4-5-8(12)7-9/h4-7,10H,3H2,1-2H3,(H,13,14). The van der Waals surface area contributed by atoms with Crippen LogP contribution in [0, 0.1) is 0 Å². The first kappa shape index (κ1) is 14.9. The maximum absolute atomic E-state index is 11.9. The predicted molar refractivity (Wildman–Crippen MR) is 67.9 cm³/mol. The number of benzene rings is 1. The van der Waals surface area contributed by atoms with Crippen molar-refractivity contribution in [2.24, 2.45) is 0 Å². The van der Waals surface area contributed by atoms with Crippen LogP contribution in [-0.4, -0.2) is 27.5 Å². The molecule has 1 atom stereocenters. The fraction of sp³-hybridized carbons (Fsp3) is 0.364. The van der Waals surface area contributed by atoms with E-state index in [4.69, 9.17) is 16.3 Å². The van der Waals surface area contributed by atoms with E-state index in [9.17, 15) is 13.2 Å². The molecule has 0 aliphatic rings. The summed E-state index contributed by atoms with van der Waals surface area (Å²) in [5.74, 6) is -0.694. The predicted octanol–water partition coefficient (Wildman–Crippen LogP) is 1.57. The highest BCUT2D eigenvalue weighted by Crippen LogP contribution is 2.15. The molecule has 1 aromatic rings. The van der Waals surface area contributed by atoms with Crippen LogP contribution in [0.1, 0.15) is 13.3 Å². The highest BCUT2D eigenvalue weighted by molar-refractivity contribution is 7.90. The van der Waals surface area contributed by atoms with Crippen LogP contribution in [0.5, 0.6) is 0 Å². The van der Waals surface area contributed by atoms with Crippen LogP contribution >= 0.6 is 11.6 Å². The highest BCUT2D eigenvalue weighted by Gasteiger charge is 2.23. The maximum atomic E-state index is 11.9. The van der Waals surface area contributed by atoms with Crippen molar-refractivity contribution >= 4 is 27.5 Å². The van der Waals surface area contributed by atoms with Crippen LogP contribution in [0.4, 0.5) is 0 Å². The van der Waals surface area contributed by atoms with E-state index >= 15 is 0 Å². The molecule has 0 saturated carbocycles. The summed E-state index contributed by atoms with van der Waals surface area (Å²) in [6, 6.07) is 5.67. The molecule has 0 bridgehead atoms. The van der Waals surface area contributed by atoms with E-state index in [-0.39, 0.29) is 9.92 Å². The number of hydrogen-bond donors (Lipinski definition) is 1. The molecule has 1 N–H and O–H groups in total. The van der Waals surface area contributed by atoms with Crippen molar-refractivity contribution in [3.05, 3.63) is 29.3 Å². The summed E-state index contributed by atoms with van der Waals surface area (Å²) in [5, 5.41) is 0.282. The summed E-state index contributed by atoms with van der Waals surface area (Å²) < 4.78 is 30.6. The molecular weight excluding hydrogens is 278 g/mol. The Kier molecular flexibility index (Phi) is 5.13. The summed E-state index contributed by atoms with van der Waals surface area (Å²) in [4.78, 5) is 11.6. The van der Waals surface area contributed by atoms with Crippen LogP contribution in [0.2, 0.25) is 5.02 Å². The Morgan fingerprint density at radius 1 is 1.50 bits per heavy atom. The second-order valence-corrected chi connectivity index (χ2v) is 5.68. The fourth-order valence-corrected chi connectivity index (χ4v) is 2.66. The Labute approximate surface area is 111 Å². The van der Waals surface area contributed by atoms with Crippen molar-refractivity contribution in [1.82, 2.24) is 4.72 Å². The molecule has 0 fully saturated rings. The Hall–Kier alpha value is -1.11. The molecule has 1 rings (SSSR count). The molecule has 1 amide bonds. The van der Waals surface area contributed by atoms with E-state index in [1.165, 1.54) is 25.3 Å². The molecule has 7 heteroatoms. The first-order chi connectivity index (χ1) is 8.40. The normalized spacial score (nSPS) is 13.1. The fourth-order valence-electron chi connectivity index (χ4n) is 1.35. The molecule has 0 heterocycles. The molecule has 0 spiro atoms. The first-order valence-electron chi connectivity index (χ1n) is 5.25. The summed E-state index contributed by atoms with van der Waals surface area (Å²) >= 11 is 5.70. The largest absolute Gasteiger partial charge is 0.372 e. The summed E-state index contributed by atoms with van der Waals surface area (Å²) in [5.41, 5.74) is 0. The maximum Gasteiger partial charge on any atom is 0.264 e. The lowest BCUT2D eigenvalue weighted by Crippen LogP contribution is -2.39. The number of ether oxygens (including phenoxy) is 1. The third-order valence-corrected chi connectivity index (χ3v) is 3.87. The van der Waals surface area contributed by atoms with Gasteiger partial charge < -0.3 is 4.74 Å². The van der Waals surface area contributed by atoms with E-state index in [2.05, 4.69) is 0 Å². The van der Waals surface area contributed by atoms with E-state index in [0.29, 0.717) is 6.42 Å². The molecule has 0 saturated heterocycles. The molecular formula is C11H14ClNO4S. The smallest absolute Gasteiger partial charge is 0.264 e. The van der Waals surface area contributed by atoms with Gasteiger partial charge >= 0.3 is 0 Å². The van der Waals surface area contributed by atoms with Crippen molar-refractivity contribution in [1.29, 1.82) is 0 Å². The quantitative estimate of drug-likeness (QED) is 0.894. The van der Waals surface area contributed by atoms with Crippen LogP contribution in [0.15, 0.2) is 29.2 Å². The van der Waals surface area contributed by atoms with Gasteiger partial charge in [-0.2, -0.15) is 0 Å². The van der Waals surface area contributed by atoms with Gasteiger partial charge in [-0.3, -0.25) is 4.79 Å². The second kappa shape index (κ2) is 6.17. The van der Waals surface area contributed by atoms with E-state index in [1.807, 2.05) is 4.72 Å². The summed E-state index contributed by atoms with van der Waals surface area (Å²) in [6.07, 6.45) is -0.410. The minimum absolute atomic E-state index is 0.0608. The lowest BCUT2D eigenvalue weighted by Gasteiger charge is -2.13. The number of methoxy groups -OCH3 is 1. The molecule has 18 heavy (non-hydrogen) atoms. The number of nitrogens with one attached hydrogen (secondary N) is 1. The number of carbonyl (C=O) groups excluding carboxylic acids is 1. The van der Waals surface area contributed by atoms with Crippen LogP contribution in [-0.2, 0) is 19.6 Å². The van der Waals surface area contributed by atoms with E-state index in [1.54, 1.807) is 13.0 Å². The van der Waals surface area contributed by atoms with Crippen molar-refractivity contribution in [2.75, 3.05) is 7.11 Å². The second-order valence-electron chi connectivity index (χ2n) is 3.56. The van der Waals surface area contributed by atoms with Gasteiger partial charge in [-0.15, -0.1) is 0 Å². The number of rotatable bonds is 5. The zero-order valence-corrected chi connectivity index (χ0v) is 11.6. The van der Waals surface area contributed by atoms with Gasteiger partial charge in [0.25, 0.3) is 15.9 Å². The molecule has 0 aliphatic carbocycles. The van der Waals surface area contributed by atoms with Crippen LogP contribution in [0.3, 0.4) is 0 Å². The van der Waals surface area contributed by atoms with E-state index < -0.39 is 22.0 Å². The van der Waals surface area contributed by atoms with Gasteiger partial charge in [-0.1, -0.05) is 24.6 Å². The molecule has 5 nitrogen and oxygen atoms in total. The number of hydrogen-bond acceptors (Lipinski definition) is 4. The highest BCUT2D eigenvalue weighted by atomic mass is 35.5. The van der Waals surface area contributed by atoms with Crippen molar-refractivity contribution in [3.63, 3.8) is 0 Å². The number of carbonyl (C=O) groups is 1. The molecule has 0 radical (unpaired) electrons. The molecule has 0 aromatic heterocycles. The molecule has 0 aliphatic heterocycles. The molecule has 100 valence electrons. The van der Waals surface area contributed by atoms with Crippen LogP contribution < -0.4 is 4.72 Å². The Bertz CT molecular complexity index is 526. The van der Waals surface area contributed by atoms with Gasteiger partial charge in [-0.25, -0.2) is 13.1 Å². The number of halogens is 1. The average molecular weight is 292 g/mol. The summed E-state index contributed by atoms with van der Waals surface area (Å²) in [6.45, 7) is 1.72. The topological polar surface area (TPSA) is 72.5 Å². The van der Waals surface area contributed by atoms with Gasteiger partial charge in [-0.05, 0) is 24.6 Å². The van der Waals surface area contributed by atoms with Crippen molar-refractivity contribution in [2.45, 2.75) is 24.3 Å². The minimum Gasteiger partial charge on any atom is -0.372 e. The third-order valence-electron chi connectivity index (χ3n) is 2.29. The molecule has 1 unspecified atom stereocenters. The first-order valence-corrected chi connectivity index (χ1v) is 7.12. The zero-order valence-electron chi connectivity index (χ0n) is 10.0. The Morgan fingerprint density at radius 2 is 2.17 bits per heavy atom. The average Bonchev–Trinajstić information content (AvgIpc) is 2.30. The lowest BCUT2D eigenvalue weighted by atomic mass is 10.3. The zero-order chi connectivity index (χ0) is 13.8. The van der Waals surface area contributed by atoms with Crippen molar-refractivity contribution in [3.8, 4) is 0 Å². The lowest BCUT2D eigenvalue weighted by molar-refractivity contribution is -0.129. The van der Waals surface area contributed by atoms with Crippen LogP contribution in [0.25, 0.3) is 0 Å². The SMILES string of the molecule is CCC(OC)C(=O)NS(=O)(=O)c1cccc(Cl)c1. The van der Waals surface area contributed by atoms with E-state index in [0.717, 1.165) is 0 Å². The van der Waals surface area contributed by atoms with Gasteiger partial charge in [0.05, 0.1) is 4.90 Å². The van der Waals surface area contributed by atoms with Gasteiger partial charge in [0.1, 0.15) is 6.10 Å². The van der Waals surface area contributed by atoms with Gasteiger partial charge in [0.2, 0.25) is 0 Å². The Balaban J connectivity index is 2.92. The van der Waals surface area contributed by atoms with Gasteiger partial charge in [0.15, 0.2) is 0 Å². The molecule has 1 aromatic carbocycles. The number of sulfonamides is 1. The third kappa shape index (κ3) is 3.69. The van der Waals surface area contributed by atoms with Gasteiger partial charge in [0, 0.05) is 12.1 Å². The number of amides is 1. The minimum atomic E-state index is -3.91. The Morgan fingerprint density at radius 3 is 2.67 bits per heavy atom. The van der Waals surface area contributed by atoms with Crippen molar-refractivity contribution < 1.29 is 17.9 Å². The summed E-state index contributed by atoms with van der Waals surface area (Å²) in [7, 11) is -2.56. The monoisotopic (exact) mass is 291 g/mol.